The average molecular weight is 365 g/mol. The van der Waals surface area contributed by atoms with Gasteiger partial charge in [-0.3, -0.25) is 14.5 Å². The van der Waals surface area contributed by atoms with Gasteiger partial charge in [0.1, 0.15) is 0 Å². The average Bonchev–Trinajstić information content (AvgIpc) is 2.65. The van der Waals surface area contributed by atoms with Crippen LogP contribution in [0.5, 0.6) is 0 Å². The number of carbonyl (C=O) groups excluding carboxylic acids is 2. The summed E-state index contributed by atoms with van der Waals surface area (Å²) < 4.78 is 4.58. The van der Waals surface area contributed by atoms with Crippen molar-refractivity contribution in [3.05, 3.63) is 35.9 Å². The minimum Gasteiger partial charge on any atom is -0.468 e. The van der Waals surface area contributed by atoms with Crippen LogP contribution in [0, 0.1) is 0 Å². The molecule has 0 bridgehead atoms. The lowest BCUT2D eigenvalue weighted by Gasteiger charge is -2.36. The van der Waals surface area contributed by atoms with Crippen molar-refractivity contribution >= 4 is 23.6 Å². The fourth-order valence-corrected chi connectivity index (χ4v) is 3.78. The highest BCUT2D eigenvalue weighted by Crippen LogP contribution is 2.19. The van der Waals surface area contributed by atoms with Crippen LogP contribution in [0.3, 0.4) is 0 Å². The van der Waals surface area contributed by atoms with Gasteiger partial charge in [0, 0.05) is 31.3 Å². The molecule has 1 atom stereocenters. The van der Waals surface area contributed by atoms with E-state index in [0.29, 0.717) is 30.5 Å². The molecule has 6 heteroatoms. The van der Waals surface area contributed by atoms with Crippen LogP contribution in [0.4, 0.5) is 0 Å². The Kier molecular flexibility index (Phi) is 8.83. The molecule has 0 spiro atoms. The van der Waals surface area contributed by atoms with E-state index in [-0.39, 0.29) is 11.9 Å². The molecule has 1 amide bonds. The number of hydrogen-bond donors (Lipinski definition) is 1. The number of methoxy groups -OCH3 is 1. The van der Waals surface area contributed by atoms with Crippen LogP contribution in [0.2, 0.25) is 0 Å². The molecule has 0 aliphatic carbocycles. The van der Waals surface area contributed by atoms with Gasteiger partial charge in [-0.05, 0) is 24.9 Å². The van der Waals surface area contributed by atoms with Crippen LogP contribution < -0.4 is 5.32 Å². The fourth-order valence-electron chi connectivity index (χ4n) is 3.02. The van der Waals surface area contributed by atoms with Crippen LogP contribution >= 0.6 is 11.8 Å². The SMILES string of the molecule is COC(=O)CSCCC(=O)NCC1CCCCN1Cc1ccccc1. The zero-order chi connectivity index (χ0) is 17.9. The predicted octanol–water partition coefficient (Wildman–Crippen LogP) is 2.45. The molecule has 1 aliphatic rings. The summed E-state index contributed by atoms with van der Waals surface area (Å²) in [5, 5.41) is 3.06. The van der Waals surface area contributed by atoms with Crippen molar-refractivity contribution in [2.24, 2.45) is 0 Å². The highest BCUT2D eigenvalue weighted by molar-refractivity contribution is 7.99. The molecule has 25 heavy (non-hydrogen) atoms. The molecule has 1 aromatic carbocycles. The number of hydrogen-bond acceptors (Lipinski definition) is 5. The molecule has 1 saturated heterocycles. The summed E-state index contributed by atoms with van der Waals surface area (Å²) in [5.74, 6) is 0.753. The molecular formula is C19H28N2O3S. The summed E-state index contributed by atoms with van der Waals surface area (Å²) in [6.07, 6.45) is 4.01. The third-order valence-corrected chi connectivity index (χ3v) is 5.37. The molecular weight excluding hydrogens is 336 g/mol. The standard InChI is InChI=1S/C19H28N2O3S/c1-24-19(23)15-25-12-10-18(22)20-13-17-9-5-6-11-21(17)14-16-7-3-2-4-8-16/h2-4,7-8,17H,5-6,9-15H2,1H3,(H,20,22). The van der Waals surface area contributed by atoms with Gasteiger partial charge in [0.2, 0.25) is 5.91 Å². The van der Waals surface area contributed by atoms with Gasteiger partial charge in [-0.25, -0.2) is 0 Å². The monoisotopic (exact) mass is 364 g/mol. The number of carbonyl (C=O) groups is 2. The molecule has 0 aromatic heterocycles. The van der Waals surface area contributed by atoms with Crippen molar-refractivity contribution < 1.29 is 14.3 Å². The second-order valence-electron chi connectivity index (χ2n) is 6.29. The number of nitrogens with one attached hydrogen (secondary N) is 1. The van der Waals surface area contributed by atoms with Crippen LogP contribution in [-0.4, -0.2) is 54.5 Å². The maximum atomic E-state index is 12.0. The minimum atomic E-state index is -0.246. The molecule has 138 valence electrons. The Morgan fingerprint density at radius 2 is 2.08 bits per heavy atom. The lowest BCUT2D eigenvalue weighted by atomic mass is 10.0. The van der Waals surface area contributed by atoms with Gasteiger partial charge in [0.15, 0.2) is 0 Å². The van der Waals surface area contributed by atoms with E-state index in [9.17, 15) is 9.59 Å². The van der Waals surface area contributed by atoms with E-state index in [1.54, 1.807) is 0 Å². The molecule has 1 fully saturated rings. The zero-order valence-corrected chi connectivity index (χ0v) is 15.7. The topological polar surface area (TPSA) is 58.6 Å². The third kappa shape index (κ3) is 7.48. The summed E-state index contributed by atoms with van der Waals surface area (Å²) in [6, 6.07) is 10.9. The number of amides is 1. The maximum absolute atomic E-state index is 12.0. The molecule has 0 radical (unpaired) electrons. The first-order valence-corrected chi connectivity index (χ1v) is 10.0. The van der Waals surface area contributed by atoms with E-state index in [4.69, 9.17) is 0 Å². The zero-order valence-electron chi connectivity index (χ0n) is 14.9. The van der Waals surface area contributed by atoms with Gasteiger partial charge in [-0.1, -0.05) is 36.8 Å². The first-order chi connectivity index (χ1) is 12.2. The number of piperidine rings is 1. The molecule has 1 heterocycles. The van der Waals surface area contributed by atoms with Crippen molar-refractivity contribution in [2.75, 3.05) is 31.7 Å². The number of esters is 1. The summed E-state index contributed by atoms with van der Waals surface area (Å²) >= 11 is 1.43. The van der Waals surface area contributed by atoms with Crippen molar-refractivity contribution in [3.8, 4) is 0 Å². The molecule has 1 N–H and O–H groups in total. The smallest absolute Gasteiger partial charge is 0.315 e. The Balaban J connectivity index is 1.70. The van der Waals surface area contributed by atoms with E-state index in [1.165, 1.54) is 37.3 Å². The van der Waals surface area contributed by atoms with Crippen LogP contribution in [-0.2, 0) is 20.9 Å². The Morgan fingerprint density at radius 1 is 1.28 bits per heavy atom. The van der Waals surface area contributed by atoms with Gasteiger partial charge in [0.25, 0.3) is 0 Å². The van der Waals surface area contributed by atoms with E-state index < -0.39 is 0 Å². The lowest BCUT2D eigenvalue weighted by Crippen LogP contribution is -2.46. The summed E-state index contributed by atoms with van der Waals surface area (Å²) in [5.41, 5.74) is 1.32. The Morgan fingerprint density at radius 3 is 2.84 bits per heavy atom. The fraction of sp³-hybridized carbons (Fsp3) is 0.579. The predicted molar refractivity (Wildman–Crippen MR) is 101 cm³/mol. The molecule has 5 nitrogen and oxygen atoms in total. The van der Waals surface area contributed by atoms with E-state index in [1.807, 2.05) is 6.07 Å². The quantitative estimate of drug-likeness (QED) is 0.539. The first-order valence-electron chi connectivity index (χ1n) is 8.88. The van der Waals surface area contributed by atoms with Crippen molar-refractivity contribution in [1.29, 1.82) is 0 Å². The highest BCUT2D eigenvalue weighted by Gasteiger charge is 2.22. The van der Waals surface area contributed by atoms with E-state index >= 15 is 0 Å². The Hall–Kier alpha value is -1.53. The summed E-state index contributed by atoms with van der Waals surface area (Å²) in [7, 11) is 1.38. The van der Waals surface area contributed by atoms with E-state index in [0.717, 1.165) is 19.5 Å². The number of nitrogens with zero attached hydrogens (tertiary/aromatic N) is 1. The van der Waals surface area contributed by atoms with Gasteiger partial charge < -0.3 is 10.1 Å². The van der Waals surface area contributed by atoms with Crippen LogP contribution in [0.1, 0.15) is 31.2 Å². The highest BCUT2D eigenvalue weighted by atomic mass is 32.2. The van der Waals surface area contributed by atoms with Gasteiger partial charge >= 0.3 is 5.97 Å². The molecule has 1 aromatic rings. The van der Waals surface area contributed by atoms with Crippen LogP contribution in [0.25, 0.3) is 0 Å². The van der Waals surface area contributed by atoms with Gasteiger partial charge in [-0.15, -0.1) is 11.8 Å². The number of benzene rings is 1. The normalized spacial score (nSPS) is 17.9. The molecule has 1 aliphatic heterocycles. The molecule has 0 saturated carbocycles. The largest absolute Gasteiger partial charge is 0.468 e. The molecule has 1 unspecified atom stereocenters. The lowest BCUT2D eigenvalue weighted by molar-refractivity contribution is -0.137. The number of thioether (sulfide) groups is 1. The Bertz CT molecular complexity index is 539. The van der Waals surface area contributed by atoms with E-state index in [2.05, 4.69) is 39.2 Å². The third-order valence-electron chi connectivity index (χ3n) is 4.43. The Labute approximate surface area is 154 Å². The second kappa shape index (κ2) is 11.2. The number of ether oxygens (including phenoxy) is 1. The summed E-state index contributed by atoms with van der Waals surface area (Å²) in [6.45, 7) is 2.73. The van der Waals surface area contributed by atoms with Crippen LogP contribution in [0.15, 0.2) is 30.3 Å². The number of rotatable bonds is 9. The minimum absolute atomic E-state index is 0.0580. The van der Waals surface area contributed by atoms with Gasteiger partial charge in [0.05, 0.1) is 12.9 Å². The number of likely N-dealkylation sites (tertiary alicyclic amines) is 1. The molecule has 2 rings (SSSR count). The second-order valence-corrected chi connectivity index (χ2v) is 7.39. The van der Waals surface area contributed by atoms with Crippen molar-refractivity contribution in [3.63, 3.8) is 0 Å². The van der Waals surface area contributed by atoms with Gasteiger partial charge in [-0.2, -0.15) is 0 Å². The van der Waals surface area contributed by atoms with Crippen molar-refractivity contribution in [1.82, 2.24) is 10.2 Å². The maximum Gasteiger partial charge on any atom is 0.315 e. The summed E-state index contributed by atoms with van der Waals surface area (Å²) in [4.78, 5) is 25.5. The van der Waals surface area contributed by atoms with Crippen molar-refractivity contribution in [2.45, 2.75) is 38.3 Å². The first kappa shape index (κ1) is 19.8.